The largest absolute Gasteiger partial charge is 0.493 e. The van der Waals surface area contributed by atoms with E-state index in [1.807, 2.05) is 6.92 Å². The number of esters is 1. The van der Waals surface area contributed by atoms with Gasteiger partial charge in [0.25, 0.3) is 0 Å². The molecule has 1 aliphatic rings. The van der Waals surface area contributed by atoms with Crippen LogP contribution in [0.3, 0.4) is 0 Å². The number of ether oxygens (including phenoxy) is 3. The maximum atomic E-state index is 12.2. The molecule has 1 fully saturated rings. The second kappa shape index (κ2) is 7.34. The van der Waals surface area contributed by atoms with Gasteiger partial charge in [-0.25, -0.2) is 4.79 Å². The molecule has 0 spiro atoms. The number of hydrogen-bond donors (Lipinski definition) is 0. The first-order valence-electron chi connectivity index (χ1n) is 7.65. The van der Waals surface area contributed by atoms with E-state index in [0.29, 0.717) is 23.7 Å². The van der Waals surface area contributed by atoms with E-state index in [9.17, 15) is 4.79 Å². The molecular weight excluding hydrogens is 268 g/mol. The summed E-state index contributed by atoms with van der Waals surface area (Å²) < 4.78 is 16.3. The van der Waals surface area contributed by atoms with E-state index in [-0.39, 0.29) is 12.1 Å². The Bertz CT molecular complexity index is 476. The first-order valence-corrected chi connectivity index (χ1v) is 7.65. The van der Waals surface area contributed by atoms with Crippen molar-refractivity contribution in [2.75, 3.05) is 13.7 Å². The van der Waals surface area contributed by atoms with Crippen LogP contribution in [-0.2, 0) is 4.74 Å². The lowest BCUT2D eigenvalue weighted by Gasteiger charge is -2.26. The summed E-state index contributed by atoms with van der Waals surface area (Å²) in [5, 5.41) is 0. The van der Waals surface area contributed by atoms with Gasteiger partial charge in [0, 0.05) is 0 Å². The lowest BCUT2D eigenvalue weighted by molar-refractivity contribution is 0.0173. The van der Waals surface area contributed by atoms with Gasteiger partial charge in [-0.1, -0.05) is 6.92 Å². The Morgan fingerprint density at radius 3 is 2.52 bits per heavy atom. The summed E-state index contributed by atoms with van der Waals surface area (Å²) >= 11 is 0. The molecule has 1 aromatic carbocycles. The minimum absolute atomic E-state index is 0.0475. The first-order chi connectivity index (χ1) is 10.1. The highest BCUT2D eigenvalue weighted by molar-refractivity contribution is 5.90. The zero-order chi connectivity index (χ0) is 15.2. The molecule has 0 amide bonds. The number of hydrogen-bond acceptors (Lipinski definition) is 4. The van der Waals surface area contributed by atoms with Gasteiger partial charge in [-0.15, -0.1) is 0 Å². The average Bonchev–Trinajstić information content (AvgIpc) is 2.50. The highest BCUT2D eigenvalue weighted by Crippen LogP contribution is 2.30. The summed E-state index contributed by atoms with van der Waals surface area (Å²) in [7, 11) is 1.56. The van der Waals surface area contributed by atoms with Crippen LogP contribution in [0.2, 0.25) is 0 Å². The molecule has 21 heavy (non-hydrogen) atoms. The number of rotatable bonds is 5. The minimum atomic E-state index is -0.282. The normalized spacial score (nSPS) is 21.7. The smallest absolute Gasteiger partial charge is 0.338 e. The van der Waals surface area contributed by atoms with Crippen LogP contribution in [-0.4, -0.2) is 25.8 Å². The number of carbonyl (C=O) groups is 1. The molecule has 1 aromatic rings. The van der Waals surface area contributed by atoms with Crippen LogP contribution in [0.15, 0.2) is 18.2 Å². The fourth-order valence-corrected chi connectivity index (χ4v) is 2.64. The van der Waals surface area contributed by atoms with Gasteiger partial charge < -0.3 is 14.2 Å². The highest BCUT2D eigenvalue weighted by Gasteiger charge is 2.22. The molecule has 1 aliphatic carbocycles. The molecule has 0 atom stereocenters. The molecule has 116 valence electrons. The summed E-state index contributed by atoms with van der Waals surface area (Å²) in [6, 6.07) is 5.15. The molecular formula is C17H24O4. The molecule has 0 saturated heterocycles. The van der Waals surface area contributed by atoms with Gasteiger partial charge in [0.1, 0.15) is 6.10 Å². The Morgan fingerprint density at radius 1 is 1.19 bits per heavy atom. The Hall–Kier alpha value is -1.71. The second-order valence-electron chi connectivity index (χ2n) is 5.59. The summed E-state index contributed by atoms with van der Waals surface area (Å²) in [6.45, 7) is 4.71. The SMILES string of the molecule is CCOc1ccc(C(=O)OC2CCC(C)CC2)cc1OC. The third-order valence-electron chi connectivity index (χ3n) is 3.94. The van der Waals surface area contributed by atoms with Gasteiger partial charge in [0.15, 0.2) is 11.5 Å². The van der Waals surface area contributed by atoms with Crippen LogP contribution < -0.4 is 9.47 Å². The summed E-state index contributed by atoms with van der Waals surface area (Å²) in [5.74, 6) is 1.66. The van der Waals surface area contributed by atoms with E-state index >= 15 is 0 Å². The second-order valence-corrected chi connectivity index (χ2v) is 5.59. The molecule has 2 rings (SSSR count). The first kappa shape index (κ1) is 15.7. The van der Waals surface area contributed by atoms with E-state index in [1.165, 1.54) is 0 Å². The van der Waals surface area contributed by atoms with Crippen molar-refractivity contribution in [2.24, 2.45) is 5.92 Å². The molecule has 0 bridgehead atoms. The third kappa shape index (κ3) is 4.13. The molecule has 0 heterocycles. The van der Waals surface area contributed by atoms with E-state index in [2.05, 4.69) is 6.92 Å². The minimum Gasteiger partial charge on any atom is -0.493 e. The fourth-order valence-electron chi connectivity index (χ4n) is 2.64. The Morgan fingerprint density at radius 2 is 1.90 bits per heavy atom. The van der Waals surface area contributed by atoms with Crippen molar-refractivity contribution in [3.05, 3.63) is 23.8 Å². The van der Waals surface area contributed by atoms with E-state index < -0.39 is 0 Å². The maximum Gasteiger partial charge on any atom is 0.338 e. The van der Waals surface area contributed by atoms with Crippen LogP contribution in [0.25, 0.3) is 0 Å². The summed E-state index contributed by atoms with van der Waals surface area (Å²) in [5.41, 5.74) is 0.508. The van der Waals surface area contributed by atoms with E-state index in [1.54, 1.807) is 25.3 Å². The van der Waals surface area contributed by atoms with Gasteiger partial charge in [-0.2, -0.15) is 0 Å². The topological polar surface area (TPSA) is 44.8 Å². The van der Waals surface area contributed by atoms with Crippen LogP contribution in [0, 0.1) is 5.92 Å². The van der Waals surface area contributed by atoms with Crippen molar-refractivity contribution >= 4 is 5.97 Å². The number of benzene rings is 1. The van der Waals surface area contributed by atoms with Crippen LogP contribution in [0.5, 0.6) is 11.5 Å². The molecule has 0 aliphatic heterocycles. The molecule has 0 N–H and O–H groups in total. The summed E-state index contributed by atoms with van der Waals surface area (Å²) in [6.07, 6.45) is 4.23. The van der Waals surface area contributed by atoms with Crippen molar-refractivity contribution in [3.8, 4) is 11.5 Å². The predicted molar refractivity (Wildman–Crippen MR) is 81.0 cm³/mol. The van der Waals surface area contributed by atoms with Crippen molar-refractivity contribution in [1.29, 1.82) is 0 Å². The Balaban J connectivity index is 2.02. The zero-order valence-electron chi connectivity index (χ0n) is 13.1. The molecule has 0 radical (unpaired) electrons. The van der Waals surface area contributed by atoms with Crippen molar-refractivity contribution in [1.82, 2.24) is 0 Å². The molecule has 1 saturated carbocycles. The Labute approximate surface area is 126 Å². The standard InChI is InChI=1S/C17H24O4/c1-4-20-15-10-7-13(11-16(15)19-3)17(18)21-14-8-5-12(2)6-9-14/h7,10-12,14H,4-6,8-9H2,1-3H3. The lowest BCUT2D eigenvalue weighted by Crippen LogP contribution is -2.23. The van der Waals surface area contributed by atoms with Gasteiger partial charge in [0.05, 0.1) is 19.3 Å². The van der Waals surface area contributed by atoms with Gasteiger partial charge in [-0.05, 0) is 56.7 Å². The fraction of sp³-hybridized carbons (Fsp3) is 0.588. The van der Waals surface area contributed by atoms with E-state index in [0.717, 1.165) is 31.6 Å². The van der Waals surface area contributed by atoms with Crippen LogP contribution >= 0.6 is 0 Å². The number of methoxy groups -OCH3 is 1. The van der Waals surface area contributed by atoms with Crippen LogP contribution in [0.1, 0.15) is 49.9 Å². The lowest BCUT2D eigenvalue weighted by atomic mass is 9.89. The molecule has 0 aromatic heterocycles. The average molecular weight is 292 g/mol. The van der Waals surface area contributed by atoms with Crippen molar-refractivity contribution < 1.29 is 19.0 Å². The van der Waals surface area contributed by atoms with Crippen molar-refractivity contribution in [3.63, 3.8) is 0 Å². The van der Waals surface area contributed by atoms with Gasteiger partial charge in [-0.3, -0.25) is 0 Å². The quantitative estimate of drug-likeness (QED) is 0.774. The maximum absolute atomic E-state index is 12.2. The van der Waals surface area contributed by atoms with Crippen LogP contribution in [0.4, 0.5) is 0 Å². The zero-order valence-corrected chi connectivity index (χ0v) is 13.1. The van der Waals surface area contributed by atoms with Crippen molar-refractivity contribution in [2.45, 2.75) is 45.6 Å². The monoisotopic (exact) mass is 292 g/mol. The Kier molecular flexibility index (Phi) is 5.48. The third-order valence-corrected chi connectivity index (χ3v) is 3.94. The summed E-state index contributed by atoms with van der Waals surface area (Å²) in [4.78, 5) is 12.2. The van der Waals surface area contributed by atoms with Gasteiger partial charge in [0.2, 0.25) is 0 Å². The molecule has 0 unspecified atom stereocenters. The molecule has 4 nitrogen and oxygen atoms in total. The van der Waals surface area contributed by atoms with E-state index in [4.69, 9.17) is 14.2 Å². The molecule has 4 heteroatoms. The number of carbonyl (C=O) groups excluding carboxylic acids is 1. The highest BCUT2D eigenvalue weighted by atomic mass is 16.5. The van der Waals surface area contributed by atoms with Gasteiger partial charge >= 0.3 is 5.97 Å². The predicted octanol–water partition coefficient (Wildman–Crippen LogP) is 3.83.